The van der Waals surface area contributed by atoms with Gasteiger partial charge in [-0.1, -0.05) is 11.6 Å². The lowest BCUT2D eigenvalue weighted by Crippen LogP contribution is -2.27. The fourth-order valence-corrected chi connectivity index (χ4v) is 2.79. The van der Waals surface area contributed by atoms with E-state index in [4.69, 9.17) is 16.3 Å². The lowest BCUT2D eigenvalue weighted by atomic mass is 10.2. The molecule has 1 N–H and O–H groups in total. The Hall–Kier alpha value is -2.45. The molecular weight excluding hydrogens is 362 g/mol. The zero-order chi connectivity index (χ0) is 17.6. The predicted molar refractivity (Wildman–Crippen MR) is 95.0 cm³/mol. The van der Waals surface area contributed by atoms with Gasteiger partial charge in [0.05, 0.1) is 35.2 Å². The Balaban J connectivity index is 1.47. The third-order valence-electron chi connectivity index (χ3n) is 3.47. The minimum absolute atomic E-state index is 0.149. The number of carbonyl (C=O) groups is 1. The van der Waals surface area contributed by atoms with Gasteiger partial charge < -0.3 is 10.1 Å². The minimum Gasteiger partial charge on any atom is -0.487 e. The summed E-state index contributed by atoms with van der Waals surface area (Å²) in [6, 6.07) is 6.97. The number of nitrogens with zero attached hydrogens (tertiary/aromatic N) is 4. The number of hydrogen-bond acceptors (Lipinski definition) is 6. The van der Waals surface area contributed by atoms with Crippen molar-refractivity contribution in [1.82, 2.24) is 23.8 Å². The Morgan fingerprint density at radius 2 is 2.12 bits per heavy atom. The number of hydrogen-bond donors (Lipinski definition) is 1. The first-order valence-corrected chi connectivity index (χ1v) is 8.69. The summed E-state index contributed by atoms with van der Waals surface area (Å²) < 4.78 is 15.6. The van der Waals surface area contributed by atoms with Gasteiger partial charge >= 0.3 is 0 Å². The van der Waals surface area contributed by atoms with Crippen LogP contribution in [0.15, 0.2) is 36.7 Å². The summed E-state index contributed by atoms with van der Waals surface area (Å²) in [4.78, 5) is 12.1. The van der Waals surface area contributed by atoms with Gasteiger partial charge in [0.15, 0.2) is 0 Å². The van der Waals surface area contributed by atoms with Crippen LogP contribution in [0.2, 0.25) is 5.02 Å². The van der Waals surface area contributed by atoms with Crippen molar-refractivity contribution in [2.75, 3.05) is 6.54 Å². The van der Waals surface area contributed by atoms with Crippen LogP contribution in [0, 0.1) is 6.92 Å². The molecule has 130 valence electrons. The maximum absolute atomic E-state index is 12.1. The number of rotatable bonds is 7. The van der Waals surface area contributed by atoms with E-state index in [9.17, 15) is 4.79 Å². The van der Waals surface area contributed by atoms with Crippen molar-refractivity contribution in [2.24, 2.45) is 0 Å². The second kappa shape index (κ2) is 8.09. The smallest absolute Gasteiger partial charge is 0.251 e. The second-order valence-corrected chi connectivity index (χ2v) is 6.25. The number of aromatic nitrogens is 4. The fraction of sp³-hybridized carbons (Fsp3) is 0.250. The topological polar surface area (TPSA) is 81.9 Å². The van der Waals surface area contributed by atoms with Crippen LogP contribution in [0.4, 0.5) is 0 Å². The summed E-state index contributed by atoms with van der Waals surface area (Å²) >= 11 is 6.96. The number of amides is 1. The number of carbonyl (C=O) groups excluding carboxylic acids is 1. The highest BCUT2D eigenvalue weighted by atomic mass is 35.5. The van der Waals surface area contributed by atoms with Crippen molar-refractivity contribution in [3.63, 3.8) is 0 Å². The zero-order valence-corrected chi connectivity index (χ0v) is 15.0. The number of benzene rings is 1. The molecule has 1 aromatic carbocycles. The van der Waals surface area contributed by atoms with Gasteiger partial charge in [-0.05, 0) is 31.2 Å². The molecule has 0 saturated carbocycles. The van der Waals surface area contributed by atoms with E-state index in [1.807, 2.05) is 6.92 Å². The molecule has 9 heteroatoms. The van der Waals surface area contributed by atoms with Gasteiger partial charge in [0.25, 0.3) is 5.91 Å². The van der Waals surface area contributed by atoms with E-state index >= 15 is 0 Å². The van der Waals surface area contributed by atoms with E-state index in [1.54, 1.807) is 41.3 Å². The number of halogens is 1. The molecule has 3 rings (SSSR count). The predicted octanol–water partition coefficient (Wildman–Crippen LogP) is 2.71. The molecule has 25 heavy (non-hydrogen) atoms. The molecule has 7 nitrogen and oxygen atoms in total. The van der Waals surface area contributed by atoms with E-state index in [-0.39, 0.29) is 5.91 Å². The Morgan fingerprint density at radius 3 is 2.76 bits per heavy atom. The normalized spacial score (nSPS) is 10.6. The lowest BCUT2D eigenvalue weighted by molar-refractivity contribution is 0.0952. The van der Waals surface area contributed by atoms with Crippen LogP contribution in [0.1, 0.15) is 21.7 Å². The van der Waals surface area contributed by atoms with E-state index in [0.29, 0.717) is 36.0 Å². The van der Waals surface area contributed by atoms with Crippen molar-refractivity contribution >= 4 is 29.2 Å². The molecule has 0 bridgehead atoms. The molecule has 2 heterocycles. The van der Waals surface area contributed by atoms with Crippen molar-refractivity contribution in [3.05, 3.63) is 58.6 Å². The van der Waals surface area contributed by atoms with Gasteiger partial charge in [0.1, 0.15) is 18.1 Å². The van der Waals surface area contributed by atoms with Crippen molar-refractivity contribution in [1.29, 1.82) is 0 Å². The Labute approximate surface area is 153 Å². The second-order valence-electron chi connectivity index (χ2n) is 5.29. The fourth-order valence-electron chi connectivity index (χ4n) is 2.08. The largest absolute Gasteiger partial charge is 0.487 e. The summed E-state index contributed by atoms with van der Waals surface area (Å²) in [6.07, 6.45) is 3.27. The highest BCUT2D eigenvalue weighted by molar-refractivity contribution is 6.99. The van der Waals surface area contributed by atoms with Crippen LogP contribution in [-0.4, -0.2) is 31.0 Å². The Morgan fingerprint density at radius 1 is 1.32 bits per heavy atom. The monoisotopic (exact) mass is 377 g/mol. The molecule has 3 aromatic rings. The number of ether oxygens (including phenoxy) is 1. The van der Waals surface area contributed by atoms with Crippen LogP contribution in [-0.2, 0) is 13.2 Å². The number of nitrogens with one attached hydrogen (secondary N) is 1. The average molecular weight is 378 g/mol. The van der Waals surface area contributed by atoms with E-state index < -0.39 is 0 Å². The molecule has 0 spiro atoms. The number of aryl methyl sites for hydroxylation is 1. The van der Waals surface area contributed by atoms with Crippen molar-refractivity contribution < 1.29 is 9.53 Å². The highest BCUT2D eigenvalue weighted by Gasteiger charge is 2.07. The minimum atomic E-state index is -0.149. The van der Waals surface area contributed by atoms with Crippen molar-refractivity contribution in [2.45, 2.75) is 20.1 Å². The summed E-state index contributed by atoms with van der Waals surface area (Å²) in [5, 5.41) is 7.46. The van der Waals surface area contributed by atoms with Gasteiger partial charge in [0, 0.05) is 18.3 Å². The molecule has 2 aromatic heterocycles. The molecule has 0 unspecified atom stereocenters. The van der Waals surface area contributed by atoms with Crippen molar-refractivity contribution in [3.8, 4) is 5.75 Å². The first-order chi connectivity index (χ1) is 12.1. The van der Waals surface area contributed by atoms with Gasteiger partial charge in [0.2, 0.25) is 0 Å². The van der Waals surface area contributed by atoms with Gasteiger partial charge in [-0.15, -0.1) is 0 Å². The quantitative estimate of drug-likeness (QED) is 0.684. The van der Waals surface area contributed by atoms with E-state index in [0.717, 1.165) is 11.4 Å². The summed E-state index contributed by atoms with van der Waals surface area (Å²) in [5.41, 5.74) is 2.27. The van der Waals surface area contributed by atoms with Crippen LogP contribution in [0.3, 0.4) is 0 Å². The average Bonchev–Trinajstić information content (AvgIpc) is 3.21. The van der Waals surface area contributed by atoms with Crippen LogP contribution in [0.25, 0.3) is 0 Å². The van der Waals surface area contributed by atoms with E-state index in [1.165, 1.54) is 11.7 Å². The maximum atomic E-state index is 12.1. The molecule has 0 atom stereocenters. The standard InChI is InChI=1S/C16H16ClN5O2S/c1-11-15(21-25-20-11)10-24-14-4-2-12(3-5-14)16(23)18-6-7-22-9-13(17)8-19-22/h2-5,8-9H,6-7,10H2,1H3,(H,18,23). The molecule has 0 aliphatic rings. The Kier molecular flexibility index (Phi) is 5.62. The third-order valence-corrected chi connectivity index (χ3v) is 4.32. The SMILES string of the molecule is Cc1nsnc1COc1ccc(C(=O)NCCn2cc(Cl)cn2)cc1. The van der Waals surface area contributed by atoms with Gasteiger partial charge in [-0.2, -0.15) is 13.8 Å². The molecule has 1 amide bonds. The van der Waals surface area contributed by atoms with Crippen LogP contribution < -0.4 is 10.1 Å². The van der Waals surface area contributed by atoms with E-state index in [2.05, 4.69) is 19.2 Å². The summed E-state index contributed by atoms with van der Waals surface area (Å²) in [5.74, 6) is 0.527. The maximum Gasteiger partial charge on any atom is 0.251 e. The Bertz CT molecular complexity index is 846. The van der Waals surface area contributed by atoms with Gasteiger partial charge in [-0.3, -0.25) is 9.48 Å². The summed E-state index contributed by atoms with van der Waals surface area (Å²) in [6.45, 7) is 3.28. The molecule has 0 radical (unpaired) electrons. The van der Waals surface area contributed by atoms with Crippen LogP contribution >= 0.6 is 23.3 Å². The highest BCUT2D eigenvalue weighted by Crippen LogP contribution is 2.15. The third kappa shape index (κ3) is 4.77. The molecule has 0 aliphatic heterocycles. The lowest BCUT2D eigenvalue weighted by Gasteiger charge is -2.07. The zero-order valence-electron chi connectivity index (χ0n) is 13.5. The molecular formula is C16H16ClN5O2S. The van der Waals surface area contributed by atoms with Gasteiger partial charge in [-0.25, -0.2) is 0 Å². The van der Waals surface area contributed by atoms with Crippen LogP contribution in [0.5, 0.6) is 5.75 Å². The first kappa shape index (κ1) is 17.4. The molecule has 0 fully saturated rings. The summed E-state index contributed by atoms with van der Waals surface area (Å²) in [7, 11) is 0. The molecule has 0 saturated heterocycles. The first-order valence-electron chi connectivity index (χ1n) is 7.59. The molecule has 0 aliphatic carbocycles.